The number of nitrogens with zero attached hydrogens (tertiary/aromatic N) is 2. The van der Waals surface area contributed by atoms with E-state index in [-0.39, 0.29) is 12.0 Å². The zero-order valence-corrected chi connectivity index (χ0v) is 22.0. The Morgan fingerprint density at radius 1 is 1.18 bits per heavy atom. The zero-order chi connectivity index (χ0) is 24.0. The Kier molecular flexibility index (Phi) is 6.34. The Hall–Kier alpha value is -2.34. The number of hydrogen-bond acceptors (Lipinski definition) is 3. The fourth-order valence-electron chi connectivity index (χ4n) is 5.42. The lowest BCUT2D eigenvalue weighted by Gasteiger charge is -2.41. The SMILES string of the molecule is CC(C)(C)OC(=O)n1cc(CCN2CC3=C([Si](C)(C)C)CCCC3CC2=O)c2ccccc21. The van der Waals surface area contributed by atoms with Gasteiger partial charge in [-0.05, 0) is 64.0 Å². The predicted molar refractivity (Wildman–Crippen MR) is 136 cm³/mol. The van der Waals surface area contributed by atoms with Crippen molar-refractivity contribution < 1.29 is 14.3 Å². The number of allylic oxidation sites excluding steroid dienone is 1. The maximum Gasteiger partial charge on any atom is 0.419 e. The molecule has 1 unspecified atom stereocenters. The lowest BCUT2D eigenvalue weighted by molar-refractivity contribution is -0.133. The highest BCUT2D eigenvalue weighted by atomic mass is 28.3. The van der Waals surface area contributed by atoms with Crippen LogP contribution in [0.1, 0.15) is 52.0 Å². The number of para-hydroxylation sites is 1. The number of rotatable bonds is 4. The molecule has 2 aromatic rings. The molecule has 5 nitrogen and oxygen atoms in total. The Morgan fingerprint density at radius 2 is 1.91 bits per heavy atom. The Bertz CT molecular complexity index is 1100. The van der Waals surface area contributed by atoms with Gasteiger partial charge in [0.05, 0.1) is 13.6 Å². The van der Waals surface area contributed by atoms with Gasteiger partial charge in [-0.2, -0.15) is 0 Å². The second-order valence-electron chi connectivity index (χ2n) is 11.6. The van der Waals surface area contributed by atoms with Crippen molar-refractivity contribution in [2.24, 2.45) is 5.92 Å². The Morgan fingerprint density at radius 3 is 2.61 bits per heavy atom. The number of piperidine rings is 1. The molecule has 1 amide bonds. The molecular weight excluding hydrogens is 428 g/mol. The first-order valence-corrected chi connectivity index (χ1v) is 15.8. The van der Waals surface area contributed by atoms with Gasteiger partial charge in [0.15, 0.2) is 0 Å². The Balaban J connectivity index is 1.57. The van der Waals surface area contributed by atoms with Gasteiger partial charge in [0.2, 0.25) is 5.91 Å². The molecule has 178 valence electrons. The van der Waals surface area contributed by atoms with Gasteiger partial charge >= 0.3 is 6.09 Å². The van der Waals surface area contributed by atoms with E-state index in [9.17, 15) is 9.59 Å². The van der Waals surface area contributed by atoms with E-state index in [0.717, 1.165) is 35.9 Å². The summed E-state index contributed by atoms with van der Waals surface area (Å²) in [6, 6.07) is 7.93. The van der Waals surface area contributed by atoms with Gasteiger partial charge in [0.25, 0.3) is 0 Å². The van der Waals surface area contributed by atoms with Crippen molar-refractivity contribution in [1.29, 1.82) is 0 Å². The summed E-state index contributed by atoms with van der Waals surface area (Å²) >= 11 is 0. The first-order chi connectivity index (χ1) is 15.4. The highest BCUT2D eigenvalue weighted by Crippen LogP contribution is 2.40. The number of amides is 1. The van der Waals surface area contributed by atoms with Gasteiger partial charge < -0.3 is 9.64 Å². The maximum absolute atomic E-state index is 13.0. The molecule has 0 bridgehead atoms. The summed E-state index contributed by atoms with van der Waals surface area (Å²) in [6.45, 7) is 14.4. The molecule has 1 atom stereocenters. The maximum atomic E-state index is 13.0. The van der Waals surface area contributed by atoms with Crippen molar-refractivity contribution in [2.75, 3.05) is 13.1 Å². The van der Waals surface area contributed by atoms with E-state index in [0.29, 0.717) is 18.9 Å². The molecule has 0 radical (unpaired) electrons. The molecule has 6 heteroatoms. The summed E-state index contributed by atoms with van der Waals surface area (Å²) in [5.41, 5.74) is 2.94. The summed E-state index contributed by atoms with van der Waals surface area (Å²) in [4.78, 5) is 27.9. The number of fused-ring (bicyclic) bond motifs is 2. The van der Waals surface area contributed by atoms with Gasteiger partial charge in [-0.1, -0.05) is 48.6 Å². The predicted octanol–water partition coefficient (Wildman–Crippen LogP) is 6.17. The fraction of sp³-hybridized carbons (Fsp3) is 0.556. The molecule has 1 fully saturated rings. The van der Waals surface area contributed by atoms with Crippen LogP contribution in [0.5, 0.6) is 0 Å². The lowest BCUT2D eigenvalue weighted by atomic mass is 9.82. The van der Waals surface area contributed by atoms with Crippen molar-refractivity contribution in [2.45, 2.75) is 78.1 Å². The van der Waals surface area contributed by atoms with Crippen LogP contribution in [0, 0.1) is 5.92 Å². The monoisotopic (exact) mass is 466 g/mol. The minimum Gasteiger partial charge on any atom is -0.443 e. The normalized spacial score (nSPS) is 19.8. The van der Waals surface area contributed by atoms with Gasteiger partial charge in [-0.15, -0.1) is 0 Å². The van der Waals surface area contributed by atoms with Crippen LogP contribution in [-0.2, 0) is 16.0 Å². The van der Waals surface area contributed by atoms with Crippen LogP contribution in [0.15, 0.2) is 41.2 Å². The molecule has 33 heavy (non-hydrogen) atoms. The molecule has 1 aromatic carbocycles. The standard InChI is InChI=1S/C27H38N2O3Si/c1-27(2,3)32-26(31)29-17-20(21-11-7-8-12-23(21)29)14-15-28-18-22-19(16-25(28)30)10-9-13-24(22)33(4,5)6/h7-8,11-12,17,19H,9-10,13-16,18H2,1-6H3. The summed E-state index contributed by atoms with van der Waals surface area (Å²) < 4.78 is 7.22. The first-order valence-electron chi connectivity index (χ1n) is 12.3. The third-order valence-electron chi connectivity index (χ3n) is 6.94. The van der Waals surface area contributed by atoms with Gasteiger partial charge in [0.1, 0.15) is 5.60 Å². The molecule has 4 rings (SSSR count). The van der Waals surface area contributed by atoms with Crippen molar-refractivity contribution in [3.8, 4) is 0 Å². The van der Waals surface area contributed by atoms with Crippen LogP contribution in [0.25, 0.3) is 10.9 Å². The number of benzene rings is 1. The molecule has 1 aliphatic heterocycles. The highest BCUT2D eigenvalue weighted by molar-refractivity contribution is 6.83. The molecule has 1 saturated heterocycles. The van der Waals surface area contributed by atoms with Crippen LogP contribution < -0.4 is 0 Å². The molecule has 2 aliphatic rings. The van der Waals surface area contributed by atoms with Crippen molar-refractivity contribution in [1.82, 2.24) is 9.47 Å². The molecule has 2 heterocycles. The molecule has 1 aliphatic carbocycles. The quantitative estimate of drug-likeness (QED) is 0.506. The molecule has 1 aromatic heterocycles. The third kappa shape index (κ3) is 5.11. The summed E-state index contributed by atoms with van der Waals surface area (Å²) in [6.07, 6.45) is 6.51. The van der Waals surface area contributed by atoms with Crippen LogP contribution in [0.3, 0.4) is 0 Å². The van der Waals surface area contributed by atoms with Crippen LogP contribution in [-0.4, -0.2) is 48.2 Å². The number of aromatic nitrogens is 1. The smallest absolute Gasteiger partial charge is 0.419 e. The molecule has 0 saturated carbocycles. The van der Waals surface area contributed by atoms with E-state index in [2.05, 4.69) is 24.5 Å². The van der Waals surface area contributed by atoms with E-state index in [1.807, 2.05) is 51.2 Å². The second kappa shape index (κ2) is 8.78. The van der Waals surface area contributed by atoms with Crippen LogP contribution in [0.2, 0.25) is 19.6 Å². The van der Waals surface area contributed by atoms with Gasteiger partial charge in [0, 0.05) is 31.1 Å². The highest BCUT2D eigenvalue weighted by Gasteiger charge is 2.36. The number of carbonyl (C=O) groups excluding carboxylic acids is 2. The van der Waals surface area contributed by atoms with Crippen molar-refractivity contribution in [3.63, 3.8) is 0 Å². The number of carbonyl (C=O) groups is 2. The van der Waals surface area contributed by atoms with E-state index in [1.165, 1.54) is 12.8 Å². The number of ether oxygens (including phenoxy) is 1. The average Bonchev–Trinajstić information content (AvgIpc) is 3.09. The molecular formula is C27H38N2O3Si. The molecule has 0 spiro atoms. The topological polar surface area (TPSA) is 51.5 Å². The van der Waals surface area contributed by atoms with Crippen LogP contribution >= 0.6 is 0 Å². The number of likely N-dealkylation sites (tertiary alicyclic amines) is 1. The summed E-state index contributed by atoms with van der Waals surface area (Å²) in [7, 11) is -1.38. The van der Waals surface area contributed by atoms with Crippen molar-refractivity contribution in [3.05, 3.63) is 46.8 Å². The van der Waals surface area contributed by atoms with Gasteiger partial charge in [-0.3, -0.25) is 9.36 Å². The Labute approximate surface area is 198 Å². The van der Waals surface area contributed by atoms with E-state index < -0.39 is 13.7 Å². The van der Waals surface area contributed by atoms with Crippen LogP contribution in [0.4, 0.5) is 4.79 Å². The molecule has 0 N–H and O–H groups in total. The summed E-state index contributed by atoms with van der Waals surface area (Å²) in [5.74, 6) is 0.731. The average molecular weight is 467 g/mol. The lowest BCUT2D eigenvalue weighted by Crippen LogP contribution is -2.44. The minimum atomic E-state index is -1.38. The fourth-order valence-corrected chi connectivity index (χ4v) is 7.59. The zero-order valence-electron chi connectivity index (χ0n) is 21.0. The largest absolute Gasteiger partial charge is 0.443 e. The number of hydrogen-bond donors (Lipinski definition) is 0. The minimum absolute atomic E-state index is 0.274. The first kappa shape index (κ1) is 23.8. The van der Waals surface area contributed by atoms with Crippen molar-refractivity contribution >= 4 is 31.0 Å². The van der Waals surface area contributed by atoms with Gasteiger partial charge in [-0.25, -0.2) is 4.79 Å². The third-order valence-corrected chi connectivity index (χ3v) is 9.32. The van der Waals surface area contributed by atoms with E-state index in [4.69, 9.17) is 4.74 Å². The second-order valence-corrected chi connectivity index (χ2v) is 16.7. The van der Waals surface area contributed by atoms with E-state index >= 15 is 0 Å². The summed E-state index contributed by atoms with van der Waals surface area (Å²) in [5, 5.41) is 2.74. The van der Waals surface area contributed by atoms with E-state index in [1.54, 1.807) is 15.3 Å².